The number of aliphatic hydroxyl groups excluding tert-OH is 1. The van der Waals surface area contributed by atoms with E-state index in [0.717, 1.165) is 22.6 Å². The number of hydrogen-bond donors (Lipinski definition) is 2. The highest BCUT2D eigenvalue weighted by atomic mass is 35.5. The maximum Gasteiger partial charge on any atom is 0.119 e. The smallest absolute Gasteiger partial charge is 0.119 e. The Morgan fingerprint density at radius 1 is 0.889 bits per heavy atom. The average Bonchev–Trinajstić information content (AvgIpc) is 2.39. The summed E-state index contributed by atoms with van der Waals surface area (Å²) in [5, 5.41) is 8.92. The molecule has 3 N–H and O–H groups in total. The second-order valence-electron chi connectivity index (χ2n) is 3.83. The van der Waals surface area contributed by atoms with Crippen molar-refractivity contribution in [2.24, 2.45) is 0 Å². The number of anilines is 1. The van der Waals surface area contributed by atoms with E-state index < -0.39 is 0 Å². The molecule has 0 saturated carbocycles. The highest BCUT2D eigenvalue weighted by Gasteiger charge is 1.96. The third kappa shape index (κ3) is 3.95. The van der Waals surface area contributed by atoms with E-state index in [1.165, 1.54) is 0 Å². The van der Waals surface area contributed by atoms with Crippen LogP contribution < -0.4 is 10.5 Å². The molecule has 0 unspecified atom stereocenters. The lowest BCUT2D eigenvalue weighted by Gasteiger charge is -2.07. The summed E-state index contributed by atoms with van der Waals surface area (Å²) in [7, 11) is 0. The van der Waals surface area contributed by atoms with Crippen molar-refractivity contribution in [1.29, 1.82) is 0 Å². The number of benzene rings is 2. The van der Waals surface area contributed by atoms with E-state index in [-0.39, 0.29) is 19.0 Å². The topological polar surface area (TPSA) is 55.5 Å². The summed E-state index contributed by atoms with van der Waals surface area (Å²) < 4.78 is 5.60. The van der Waals surface area contributed by atoms with E-state index in [1.54, 1.807) is 0 Å². The number of ether oxygens (including phenoxy) is 1. The Balaban J connectivity index is 0.00000162. The molecule has 4 heteroatoms. The molecule has 0 aliphatic carbocycles. The summed E-state index contributed by atoms with van der Waals surface area (Å²) >= 11 is 0. The van der Waals surface area contributed by atoms with Gasteiger partial charge in [0, 0.05) is 5.69 Å². The molecule has 0 atom stereocenters. The van der Waals surface area contributed by atoms with E-state index in [9.17, 15) is 0 Å². The second kappa shape index (κ2) is 6.89. The largest absolute Gasteiger partial charge is 0.489 e. The normalized spacial score (nSPS) is 9.61. The fourth-order valence-electron chi connectivity index (χ4n) is 1.47. The van der Waals surface area contributed by atoms with Gasteiger partial charge in [-0.05, 0) is 35.4 Å². The van der Waals surface area contributed by atoms with Gasteiger partial charge in [0.1, 0.15) is 12.4 Å². The molecular weight excluding hydrogens is 250 g/mol. The molecule has 0 aliphatic rings. The lowest BCUT2D eigenvalue weighted by molar-refractivity contribution is 0.281. The molecule has 0 aromatic heterocycles. The zero-order chi connectivity index (χ0) is 12.1. The van der Waals surface area contributed by atoms with Gasteiger partial charge in [0.15, 0.2) is 0 Å². The molecule has 2 aromatic carbocycles. The molecule has 0 radical (unpaired) electrons. The SMILES string of the molecule is Cl.Nc1ccc(OCc2ccc(CO)cc2)cc1. The number of aliphatic hydroxyl groups is 1. The Bertz CT molecular complexity index is 468. The minimum Gasteiger partial charge on any atom is -0.489 e. The Morgan fingerprint density at radius 3 is 2.00 bits per heavy atom. The van der Waals surface area contributed by atoms with Crippen LogP contribution in [0.2, 0.25) is 0 Å². The van der Waals surface area contributed by atoms with Crippen molar-refractivity contribution in [2.45, 2.75) is 13.2 Å². The first-order valence-electron chi connectivity index (χ1n) is 5.45. The fraction of sp³-hybridized carbons (Fsp3) is 0.143. The number of rotatable bonds is 4. The molecular formula is C14H16ClNO2. The van der Waals surface area contributed by atoms with Gasteiger partial charge in [0.05, 0.1) is 6.61 Å². The summed E-state index contributed by atoms with van der Waals surface area (Å²) in [6.45, 7) is 0.578. The van der Waals surface area contributed by atoms with Crippen molar-refractivity contribution in [1.82, 2.24) is 0 Å². The molecule has 2 rings (SSSR count). The summed E-state index contributed by atoms with van der Waals surface area (Å²) in [5.41, 5.74) is 8.29. The van der Waals surface area contributed by atoms with Crippen LogP contribution in [-0.2, 0) is 13.2 Å². The van der Waals surface area contributed by atoms with Gasteiger partial charge in [-0.15, -0.1) is 12.4 Å². The Hall–Kier alpha value is -1.71. The molecule has 96 valence electrons. The minimum atomic E-state index is 0. The van der Waals surface area contributed by atoms with Crippen LogP contribution in [0.3, 0.4) is 0 Å². The van der Waals surface area contributed by atoms with Crippen molar-refractivity contribution < 1.29 is 9.84 Å². The van der Waals surface area contributed by atoms with Gasteiger partial charge in [-0.25, -0.2) is 0 Å². The monoisotopic (exact) mass is 265 g/mol. The minimum absolute atomic E-state index is 0. The molecule has 0 spiro atoms. The van der Waals surface area contributed by atoms with E-state index >= 15 is 0 Å². The van der Waals surface area contributed by atoms with Crippen LogP contribution in [0.5, 0.6) is 5.75 Å². The third-order valence-electron chi connectivity index (χ3n) is 2.49. The summed E-state index contributed by atoms with van der Waals surface area (Å²) in [4.78, 5) is 0. The van der Waals surface area contributed by atoms with Crippen molar-refractivity contribution >= 4 is 18.1 Å². The van der Waals surface area contributed by atoms with Crippen molar-refractivity contribution in [2.75, 3.05) is 5.73 Å². The van der Waals surface area contributed by atoms with Crippen molar-refractivity contribution in [3.63, 3.8) is 0 Å². The van der Waals surface area contributed by atoms with Crippen LogP contribution in [0.15, 0.2) is 48.5 Å². The molecule has 0 amide bonds. The molecule has 3 nitrogen and oxygen atoms in total. The van der Waals surface area contributed by atoms with E-state index in [2.05, 4.69) is 0 Å². The first-order valence-corrected chi connectivity index (χ1v) is 5.45. The Kier molecular flexibility index (Phi) is 5.49. The third-order valence-corrected chi connectivity index (χ3v) is 2.49. The second-order valence-corrected chi connectivity index (χ2v) is 3.83. The highest BCUT2D eigenvalue weighted by molar-refractivity contribution is 5.85. The molecule has 0 aliphatic heterocycles. The standard InChI is InChI=1S/C14H15NO2.ClH/c15-13-5-7-14(8-6-13)17-10-12-3-1-11(9-16)2-4-12;/h1-8,16H,9-10,15H2;1H. The quantitative estimate of drug-likeness (QED) is 0.836. The first-order chi connectivity index (χ1) is 8.28. The number of hydrogen-bond acceptors (Lipinski definition) is 3. The van der Waals surface area contributed by atoms with E-state index in [4.69, 9.17) is 15.6 Å². The van der Waals surface area contributed by atoms with E-state index in [1.807, 2.05) is 48.5 Å². The van der Waals surface area contributed by atoms with Gasteiger partial charge >= 0.3 is 0 Å². The van der Waals surface area contributed by atoms with Crippen LogP contribution in [0.25, 0.3) is 0 Å². The van der Waals surface area contributed by atoms with Crippen LogP contribution in [-0.4, -0.2) is 5.11 Å². The van der Waals surface area contributed by atoms with Gasteiger partial charge in [-0.1, -0.05) is 24.3 Å². The highest BCUT2D eigenvalue weighted by Crippen LogP contribution is 2.15. The van der Waals surface area contributed by atoms with Gasteiger partial charge in [-0.2, -0.15) is 0 Å². The summed E-state index contributed by atoms with van der Waals surface area (Å²) in [6.07, 6.45) is 0. The first kappa shape index (κ1) is 14.4. The Morgan fingerprint density at radius 2 is 1.44 bits per heavy atom. The Labute approximate surface area is 113 Å². The summed E-state index contributed by atoms with van der Waals surface area (Å²) in [6, 6.07) is 15.0. The van der Waals surface area contributed by atoms with Crippen LogP contribution in [0.1, 0.15) is 11.1 Å². The lowest BCUT2D eigenvalue weighted by Crippen LogP contribution is -1.96. The molecule has 0 saturated heterocycles. The maximum absolute atomic E-state index is 8.92. The van der Waals surface area contributed by atoms with Gasteiger partial charge in [-0.3, -0.25) is 0 Å². The predicted octanol–water partition coefficient (Wildman–Crippen LogP) is 2.76. The predicted molar refractivity (Wildman–Crippen MR) is 74.8 cm³/mol. The fourth-order valence-corrected chi connectivity index (χ4v) is 1.47. The zero-order valence-corrected chi connectivity index (χ0v) is 10.7. The van der Waals surface area contributed by atoms with Gasteiger partial charge in [0.2, 0.25) is 0 Å². The van der Waals surface area contributed by atoms with E-state index in [0.29, 0.717) is 6.61 Å². The summed E-state index contributed by atoms with van der Waals surface area (Å²) in [5.74, 6) is 0.797. The number of halogens is 1. The zero-order valence-electron chi connectivity index (χ0n) is 9.87. The van der Waals surface area contributed by atoms with Gasteiger partial charge in [0.25, 0.3) is 0 Å². The number of nitrogen functional groups attached to an aromatic ring is 1. The lowest BCUT2D eigenvalue weighted by atomic mass is 10.1. The van der Waals surface area contributed by atoms with Crippen molar-refractivity contribution in [3.8, 4) is 5.75 Å². The molecule has 2 aromatic rings. The van der Waals surface area contributed by atoms with Crippen LogP contribution in [0.4, 0.5) is 5.69 Å². The van der Waals surface area contributed by atoms with Crippen molar-refractivity contribution in [3.05, 3.63) is 59.7 Å². The van der Waals surface area contributed by atoms with Crippen LogP contribution >= 0.6 is 12.4 Å². The molecule has 0 heterocycles. The maximum atomic E-state index is 8.92. The molecule has 18 heavy (non-hydrogen) atoms. The molecule has 0 fully saturated rings. The van der Waals surface area contributed by atoms with Crippen LogP contribution in [0, 0.1) is 0 Å². The average molecular weight is 266 g/mol. The van der Waals surface area contributed by atoms with Gasteiger partial charge < -0.3 is 15.6 Å². The molecule has 0 bridgehead atoms. The number of nitrogens with two attached hydrogens (primary N) is 1.